The number of carbonyl (C=O) groups excluding carboxylic acids is 1. The summed E-state index contributed by atoms with van der Waals surface area (Å²) in [7, 11) is 0. The van der Waals surface area contributed by atoms with Crippen molar-refractivity contribution in [2.45, 2.75) is 59.4 Å². The molecule has 5 nitrogen and oxygen atoms in total. The van der Waals surface area contributed by atoms with Crippen LogP contribution < -0.4 is 5.32 Å². The third-order valence-electron chi connectivity index (χ3n) is 7.26. The van der Waals surface area contributed by atoms with Crippen molar-refractivity contribution in [3.63, 3.8) is 0 Å². The van der Waals surface area contributed by atoms with E-state index < -0.39 is 11.4 Å². The first-order valence-electron chi connectivity index (χ1n) is 13.5. The van der Waals surface area contributed by atoms with Gasteiger partial charge in [-0.1, -0.05) is 100 Å². The van der Waals surface area contributed by atoms with E-state index in [9.17, 15) is 14.7 Å². The highest BCUT2D eigenvalue weighted by atomic mass is 16.4. The molecule has 3 aromatic carbocycles. The second-order valence-electron chi connectivity index (χ2n) is 10.7. The Labute approximate surface area is 221 Å². The summed E-state index contributed by atoms with van der Waals surface area (Å²) >= 11 is 0. The largest absolute Gasteiger partial charge is 0.481 e. The number of benzene rings is 3. The molecule has 0 radical (unpaired) electrons. The molecule has 1 saturated heterocycles. The average molecular weight is 503 g/mol. The lowest BCUT2D eigenvalue weighted by Crippen LogP contribution is -2.34. The summed E-state index contributed by atoms with van der Waals surface area (Å²) < 4.78 is 0. The molecule has 198 valence electrons. The van der Waals surface area contributed by atoms with Gasteiger partial charge in [0.05, 0.1) is 6.42 Å². The summed E-state index contributed by atoms with van der Waals surface area (Å²) in [6, 6.07) is 25.5. The van der Waals surface area contributed by atoms with E-state index in [1.807, 2.05) is 38.7 Å². The molecule has 37 heavy (non-hydrogen) atoms. The lowest BCUT2D eigenvalue weighted by Gasteiger charge is -2.25. The molecule has 2 N–H and O–H groups in total. The molecule has 0 unspecified atom stereocenters. The fourth-order valence-electron chi connectivity index (χ4n) is 5.42. The highest BCUT2D eigenvalue weighted by Crippen LogP contribution is 2.35. The van der Waals surface area contributed by atoms with Crippen molar-refractivity contribution in [2.24, 2.45) is 11.3 Å². The van der Waals surface area contributed by atoms with Gasteiger partial charge in [-0.3, -0.25) is 9.59 Å². The van der Waals surface area contributed by atoms with Crippen LogP contribution in [0.4, 0.5) is 0 Å². The summed E-state index contributed by atoms with van der Waals surface area (Å²) in [6.45, 7) is 12.1. The molecule has 5 heteroatoms. The number of rotatable bonds is 9. The number of nitrogens with one attached hydrogen (secondary N) is 1. The number of amides is 1. The van der Waals surface area contributed by atoms with E-state index in [1.54, 1.807) is 0 Å². The zero-order valence-corrected chi connectivity index (χ0v) is 22.9. The minimum Gasteiger partial charge on any atom is -0.481 e. The smallest absolute Gasteiger partial charge is 0.303 e. The Morgan fingerprint density at radius 2 is 1.59 bits per heavy atom. The monoisotopic (exact) mass is 502 g/mol. The molecule has 0 aromatic heterocycles. The molecule has 0 saturated carbocycles. The molecule has 0 bridgehead atoms. The number of hydrogen-bond acceptors (Lipinski definition) is 3. The topological polar surface area (TPSA) is 69.6 Å². The average Bonchev–Trinajstić information content (AvgIpc) is 3.32. The maximum Gasteiger partial charge on any atom is 0.303 e. The van der Waals surface area contributed by atoms with Crippen molar-refractivity contribution in [3.05, 3.63) is 83.9 Å². The van der Waals surface area contributed by atoms with Crippen molar-refractivity contribution < 1.29 is 14.7 Å². The summed E-state index contributed by atoms with van der Waals surface area (Å²) in [5.74, 6) is -0.297. The zero-order valence-electron chi connectivity index (χ0n) is 22.9. The summed E-state index contributed by atoms with van der Waals surface area (Å²) in [5.41, 5.74) is 1.96. The number of carbonyl (C=O) groups is 2. The minimum absolute atomic E-state index is 0.0117. The van der Waals surface area contributed by atoms with E-state index in [0.29, 0.717) is 13.1 Å². The van der Waals surface area contributed by atoms with Gasteiger partial charge >= 0.3 is 5.97 Å². The van der Waals surface area contributed by atoms with Gasteiger partial charge in [-0.2, -0.15) is 0 Å². The first-order chi connectivity index (χ1) is 17.7. The summed E-state index contributed by atoms with van der Waals surface area (Å²) in [6.07, 6.45) is 0.232. The first-order valence-corrected chi connectivity index (χ1v) is 13.5. The van der Waals surface area contributed by atoms with E-state index in [1.165, 1.54) is 21.9 Å². The van der Waals surface area contributed by atoms with Crippen LogP contribution in [0, 0.1) is 11.3 Å². The molecule has 1 aliphatic heterocycles. The van der Waals surface area contributed by atoms with Gasteiger partial charge in [0.2, 0.25) is 5.91 Å². The van der Waals surface area contributed by atoms with Crippen LogP contribution >= 0.6 is 0 Å². The van der Waals surface area contributed by atoms with E-state index >= 15 is 0 Å². The Morgan fingerprint density at radius 3 is 2.30 bits per heavy atom. The highest BCUT2D eigenvalue weighted by molar-refractivity contribution is 5.86. The van der Waals surface area contributed by atoms with E-state index in [2.05, 4.69) is 79.0 Å². The van der Waals surface area contributed by atoms with Crippen LogP contribution in [0.25, 0.3) is 10.8 Å². The summed E-state index contributed by atoms with van der Waals surface area (Å²) in [4.78, 5) is 26.3. The number of hydrogen-bond donors (Lipinski definition) is 2. The van der Waals surface area contributed by atoms with Gasteiger partial charge in [-0.05, 0) is 40.2 Å². The molecule has 3 atom stereocenters. The minimum atomic E-state index is -0.865. The van der Waals surface area contributed by atoms with Crippen molar-refractivity contribution in [1.82, 2.24) is 10.2 Å². The predicted molar refractivity (Wildman–Crippen MR) is 152 cm³/mol. The van der Waals surface area contributed by atoms with Crippen molar-refractivity contribution in [3.8, 4) is 0 Å². The lowest BCUT2D eigenvalue weighted by atomic mass is 9.85. The van der Waals surface area contributed by atoms with Crippen LogP contribution in [0.5, 0.6) is 0 Å². The predicted octanol–water partition coefficient (Wildman–Crippen LogP) is 6.65. The molecule has 0 aliphatic carbocycles. The lowest BCUT2D eigenvalue weighted by molar-refractivity contribution is -0.140. The maximum atomic E-state index is 13.2. The maximum absolute atomic E-state index is 13.2. The normalized spacial score (nSPS) is 18.2. The third-order valence-corrected chi connectivity index (χ3v) is 7.26. The Bertz CT molecular complexity index is 1170. The van der Waals surface area contributed by atoms with Crippen LogP contribution in [-0.4, -0.2) is 41.5 Å². The van der Waals surface area contributed by atoms with E-state index in [-0.39, 0.29) is 36.6 Å². The number of carboxylic acid groups (broad SMARTS) is 1. The quantitative estimate of drug-likeness (QED) is 0.344. The zero-order chi connectivity index (χ0) is 27.0. The second-order valence-corrected chi connectivity index (χ2v) is 10.7. The van der Waals surface area contributed by atoms with E-state index in [0.717, 1.165) is 6.54 Å². The molecular weight excluding hydrogens is 460 g/mol. The van der Waals surface area contributed by atoms with Crippen LogP contribution in [-0.2, 0) is 9.59 Å². The Balaban J connectivity index is 0.00000186. The fraction of sp³-hybridized carbons (Fsp3) is 0.438. The van der Waals surface area contributed by atoms with E-state index in [4.69, 9.17) is 0 Å². The van der Waals surface area contributed by atoms with Crippen molar-refractivity contribution in [2.75, 3.05) is 19.6 Å². The molecule has 1 fully saturated rings. The number of likely N-dealkylation sites (tertiary alicyclic amines) is 1. The fourth-order valence-corrected chi connectivity index (χ4v) is 5.42. The van der Waals surface area contributed by atoms with Crippen LogP contribution in [0.1, 0.15) is 70.5 Å². The molecule has 1 amide bonds. The Kier molecular flexibility index (Phi) is 9.87. The Hall–Kier alpha value is -3.18. The van der Waals surface area contributed by atoms with Crippen LogP contribution in [0.3, 0.4) is 0 Å². The standard InChI is InChI=1S/C30H36N2O3.C2H6/c1-21(25-15-9-13-22-12-7-8-14-26(22)25)31-18-24-19-32(20-27(24)23-10-5-4-6-11-23)28(33)16-30(2,3)17-29(34)35;1-2/h4-15,21,24,27,31H,16-20H2,1-3H3,(H,34,35);1-2H3/t21-,24+,27-;/m1./s1. The third kappa shape index (κ3) is 7.42. The second kappa shape index (κ2) is 12.9. The van der Waals surface area contributed by atoms with Crippen molar-refractivity contribution in [1.29, 1.82) is 0 Å². The number of fused-ring (bicyclic) bond motifs is 1. The van der Waals surface area contributed by atoms with Crippen LogP contribution in [0.2, 0.25) is 0 Å². The van der Waals surface area contributed by atoms with Crippen molar-refractivity contribution >= 4 is 22.6 Å². The molecule has 0 spiro atoms. The molecule has 1 aliphatic rings. The molecule has 3 aromatic rings. The molecule has 1 heterocycles. The van der Waals surface area contributed by atoms with Gasteiger partial charge in [-0.15, -0.1) is 0 Å². The van der Waals surface area contributed by atoms with Gasteiger partial charge in [-0.25, -0.2) is 0 Å². The molecule has 4 rings (SSSR count). The number of aliphatic carboxylic acids is 1. The number of carboxylic acids is 1. The number of nitrogens with zero attached hydrogens (tertiary/aromatic N) is 1. The Morgan fingerprint density at radius 1 is 0.946 bits per heavy atom. The summed E-state index contributed by atoms with van der Waals surface area (Å²) in [5, 5.41) is 15.5. The van der Waals surface area contributed by atoms with Crippen LogP contribution in [0.15, 0.2) is 72.8 Å². The van der Waals surface area contributed by atoms with Gasteiger partial charge in [0.1, 0.15) is 0 Å². The first kappa shape index (κ1) is 28.4. The van der Waals surface area contributed by atoms with Gasteiger partial charge in [0, 0.05) is 38.0 Å². The molecular formula is C32H42N2O3. The highest BCUT2D eigenvalue weighted by Gasteiger charge is 2.38. The van der Waals surface area contributed by atoms with Gasteiger partial charge in [0.25, 0.3) is 0 Å². The van der Waals surface area contributed by atoms with Gasteiger partial charge in [0.15, 0.2) is 0 Å². The SMILES string of the molecule is CC.C[C@@H](NC[C@H]1CN(C(=O)CC(C)(C)CC(=O)O)C[C@@H]1c1ccccc1)c1cccc2ccccc12. The van der Waals surface area contributed by atoms with Gasteiger partial charge < -0.3 is 15.3 Å².